The number of nitro groups is 1. The second-order valence-corrected chi connectivity index (χ2v) is 5.58. The van der Waals surface area contributed by atoms with E-state index < -0.39 is 4.92 Å². The van der Waals surface area contributed by atoms with Crippen molar-refractivity contribution in [3.05, 3.63) is 80.3 Å². The molecule has 0 unspecified atom stereocenters. The number of hydrogen-bond acceptors (Lipinski definition) is 4. The summed E-state index contributed by atoms with van der Waals surface area (Å²) in [6.07, 6.45) is 0.595. The molecular formula is C18H15N3O4. The summed E-state index contributed by atoms with van der Waals surface area (Å²) < 4.78 is 3.14. The molecule has 0 aliphatic carbocycles. The largest absolute Gasteiger partial charge is 0.298 e. The number of benzene rings is 2. The minimum Gasteiger partial charge on any atom is -0.298 e. The van der Waals surface area contributed by atoms with Gasteiger partial charge in [0, 0.05) is 36.0 Å². The summed E-state index contributed by atoms with van der Waals surface area (Å²) >= 11 is 0. The Bertz CT molecular complexity index is 1030. The summed E-state index contributed by atoms with van der Waals surface area (Å²) in [5, 5.41) is 11.1. The second-order valence-electron chi connectivity index (χ2n) is 5.58. The van der Waals surface area contributed by atoms with Crippen LogP contribution in [0.25, 0.3) is 16.8 Å². The van der Waals surface area contributed by atoms with Crippen molar-refractivity contribution in [2.24, 2.45) is 7.05 Å². The van der Waals surface area contributed by atoms with Gasteiger partial charge in [-0.2, -0.15) is 0 Å². The number of rotatable bonds is 4. The van der Waals surface area contributed by atoms with Gasteiger partial charge in [-0.25, -0.2) is 4.68 Å². The Morgan fingerprint density at radius 1 is 1.12 bits per heavy atom. The molecule has 0 atom stereocenters. The highest BCUT2D eigenvalue weighted by atomic mass is 16.6. The average Bonchev–Trinajstić information content (AvgIpc) is 2.84. The fourth-order valence-electron chi connectivity index (χ4n) is 2.86. The van der Waals surface area contributed by atoms with Gasteiger partial charge in [-0.05, 0) is 25.1 Å². The summed E-state index contributed by atoms with van der Waals surface area (Å²) in [6, 6.07) is 12.9. The van der Waals surface area contributed by atoms with E-state index in [-0.39, 0.29) is 27.9 Å². The van der Waals surface area contributed by atoms with Crippen LogP contribution in [0.5, 0.6) is 0 Å². The lowest BCUT2D eigenvalue weighted by molar-refractivity contribution is -0.384. The summed E-state index contributed by atoms with van der Waals surface area (Å²) in [6.45, 7) is 1.74. The molecule has 0 saturated carbocycles. The first-order valence-electron chi connectivity index (χ1n) is 7.53. The molecule has 0 radical (unpaired) electrons. The van der Waals surface area contributed by atoms with Crippen LogP contribution in [-0.4, -0.2) is 20.6 Å². The zero-order chi connectivity index (χ0) is 18.1. The van der Waals surface area contributed by atoms with Crippen LogP contribution in [-0.2, 0) is 7.05 Å². The van der Waals surface area contributed by atoms with Crippen LogP contribution in [0.3, 0.4) is 0 Å². The maximum absolute atomic E-state index is 13.0. The average molecular weight is 337 g/mol. The summed E-state index contributed by atoms with van der Waals surface area (Å²) in [5.74, 6) is 0. The minimum absolute atomic E-state index is 0.172. The lowest BCUT2D eigenvalue weighted by Crippen LogP contribution is -2.20. The lowest BCUT2D eigenvalue weighted by Gasteiger charge is -2.07. The van der Waals surface area contributed by atoms with E-state index in [1.165, 1.54) is 22.9 Å². The Labute approximate surface area is 142 Å². The minimum atomic E-state index is -0.550. The SMILES string of the molecule is Cc1c(-c2cc([N+](=O)[O-])ccc2C=O)c(=O)n(-c2ccccc2)n1C. The molecule has 7 heteroatoms. The number of carbonyl (C=O) groups excluding carboxylic acids is 1. The molecule has 2 aromatic carbocycles. The molecule has 0 N–H and O–H groups in total. The molecule has 0 aliphatic rings. The molecule has 25 heavy (non-hydrogen) atoms. The third-order valence-electron chi connectivity index (χ3n) is 4.20. The molecule has 0 bridgehead atoms. The maximum Gasteiger partial charge on any atom is 0.279 e. The van der Waals surface area contributed by atoms with Crippen molar-refractivity contribution < 1.29 is 9.72 Å². The molecule has 0 fully saturated rings. The lowest BCUT2D eigenvalue weighted by atomic mass is 10.00. The van der Waals surface area contributed by atoms with Crippen molar-refractivity contribution in [2.75, 3.05) is 0 Å². The standard InChI is InChI=1S/C18H15N3O4/c1-12-17(16-10-15(21(24)25)9-8-13(16)11-22)18(23)20(19(12)2)14-6-4-3-5-7-14/h3-11H,1-2H3. The van der Waals surface area contributed by atoms with Crippen LogP contribution in [0.15, 0.2) is 53.3 Å². The number of aldehydes is 1. The smallest absolute Gasteiger partial charge is 0.279 e. The van der Waals surface area contributed by atoms with E-state index in [0.29, 0.717) is 17.7 Å². The van der Waals surface area contributed by atoms with Crippen LogP contribution in [0.4, 0.5) is 5.69 Å². The molecule has 3 rings (SSSR count). The van der Waals surface area contributed by atoms with Crippen LogP contribution in [0.1, 0.15) is 16.1 Å². The van der Waals surface area contributed by atoms with Crippen LogP contribution in [0, 0.1) is 17.0 Å². The Balaban J connectivity index is 2.34. The van der Waals surface area contributed by atoms with E-state index in [4.69, 9.17) is 0 Å². The number of hydrogen-bond donors (Lipinski definition) is 0. The van der Waals surface area contributed by atoms with E-state index in [1.54, 1.807) is 30.8 Å². The van der Waals surface area contributed by atoms with Crippen molar-refractivity contribution in [1.82, 2.24) is 9.36 Å². The van der Waals surface area contributed by atoms with Crippen molar-refractivity contribution in [1.29, 1.82) is 0 Å². The van der Waals surface area contributed by atoms with Gasteiger partial charge in [-0.3, -0.25) is 24.4 Å². The van der Waals surface area contributed by atoms with Crippen LogP contribution in [0.2, 0.25) is 0 Å². The Hall–Kier alpha value is -3.48. The Morgan fingerprint density at radius 3 is 2.40 bits per heavy atom. The highest BCUT2D eigenvalue weighted by Gasteiger charge is 2.22. The number of nitrogens with zero attached hydrogens (tertiary/aromatic N) is 3. The van der Waals surface area contributed by atoms with Gasteiger partial charge in [-0.15, -0.1) is 0 Å². The quantitative estimate of drug-likeness (QED) is 0.416. The molecule has 1 heterocycles. The number of nitro benzene ring substituents is 1. The van der Waals surface area contributed by atoms with Crippen LogP contribution >= 0.6 is 0 Å². The zero-order valence-corrected chi connectivity index (χ0v) is 13.7. The monoisotopic (exact) mass is 337 g/mol. The molecule has 0 aliphatic heterocycles. The first-order chi connectivity index (χ1) is 12.0. The molecule has 0 spiro atoms. The molecule has 1 aromatic heterocycles. The third kappa shape index (κ3) is 2.65. The molecule has 7 nitrogen and oxygen atoms in total. The molecule has 0 saturated heterocycles. The Morgan fingerprint density at radius 2 is 1.80 bits per heavy atom. The maximum atomic E-state index is 13.0. The van der Waals surface area contributed by atoms with Gasteiger partial charge in [0.25, 0.3) is 11.2 Å². The fraction of sp³-hybridized carbons (Fsp3) is 0.111. The van der Waals surface area contributed by atoms with Crippen molar-refractivity contribution in [2.45, 2.75) is 6.92 Å². The number of para-hydroxylation sites is 1. The molecule has 126 valence electrons. The van der Waals surface area contributed by atoms with Gasteiger partial charge in [-0.1, -0.05) is 18.2 Å². The van der Waals surface area contributed by atoms with Crippen LogP contribution < -0.4 is 5.56 Å². The van der Waals surface area contributed by atoms with Gasteiger partial charge in [0.1, 0.15) is 0 Å². The molecule has 3 aromatic rings. The number of aromatic nitrogens is 2. The first-order valence-corrected chi connectivity index (χ1v) is 7.53. The van der Waals surface area contributed by atoms with E-state index in [9.17, 15) is 19.7 Å². The van der Waals surface area contributed by atoms with Crippen molar-refractivity contribution >= 4 is 12.0 Å². The highest BCUT2D eigenvalue weighted by Crippen LogP contribution is 2.28. The first kappa shape index (κ1) is 16.4. The third-order valence-corrected chi connectivity index (χ3v) is 4.20. The van der Waals surface area contributed by atoms with Gasteiger partial charge < -0.3 is 0 Å². The van der Waals surface area contributed by atoms with Crippen molar-refractivity contribution in [3.8, 4) is 16.8 Å². The summed E-state index contributed by atoms with van der Waals surface area (Å²) in [5.41, 5.74) is 1.54. The Kier molecular flexibility index (Phi) is 4.06. The van der Waals surface area contributed by atoms with Gasteiger partial charge in [0.2, 0.25) is 0 Å². The van der Waals surface area contributed by atoms with E-state index >= 15 is 0 Å². The predicted octanol–water partition coefficient (Wildman–Crippen LogP) is 2.87. The summed E-state index contributed by atoms with van der Waals surface area (Å²) in [7, 11) is 1.73. The zero-order valence-electron chi connectivity index (χ0n) is 13.7. The second kappa shape index (κ2) is 6.20. The normalized spacial score (nSPS) is 10.6. The van der Waals surface area contributed by atoms with E-state index in [2.05, 4.69) is 0 Å². The fourth-order valence-corrected chi connectivity index (χ4v) is 2.86. The number of non-ortho nitro benzene ring substituents is 1. The molecular weight excluding hydrogens is 322 g/mol. The topological polar surface area (TPSA) is 87.1 Å². The van der Waals surface area contributed by atoms with Gasteiger partial charge in [0.15, 0.2) is 6.29 Å². The van der Waals surface area contributed by atoms with E-state index in [0.717, 1.165) is 0 Å². The van der Waals surface area contributed by atoms with Crippen molar-refractivity contribution in [3.63, 3.8) is 0 Å². The van der Waals surface area contributed by atoms with Gasteiger partial charge >= 0.3 is 0 Å². The number of carbonyl (C=O) groups is 1. The highest BCUT2D eigenvalue weighted by molar-refractivity contribution is 5.89. The predicted molar refractivity (Wildman–Crippen MR) is 93.2 cm³/mol. The van der Waals surface area contributed by atoms with E-state index in [1.807, 2.05) is 18.2 Å². The summed E-state index contributed by atoms with van der Waals surface area (Å²) in [4.78, 5) is 34.9. The molecule has 0 amide bonds. The van der Waals surface area contributed by atoms with Gasteiger partial charge in [0.05, 0.1) is 16.2 Å².